The summed E-state index contributed by atoms with van der Waals surface area (Å²) in [6, 6.07) is 0. The first kappa shape index (κ1) is 40.5. The molecule has 4 aliphatic carbocycles. The molecule has 1 N–H and O–H groups in total. The van der Waals surface area contributed by atoms with Gasteiger partial charge in [0, 0.05) is 18.3 Å². The van der Waals surface area contributed by atoms with Gasteiger partial charge in [-0.15, -0.1) is 0 Å². The second kappa shape index (κ2) is 14.9. The third-order valence-electron chi connectivity index (χ3n) is 15.8. The molecule has 1 aliphatic heterocycles. The first-order chi connectivity index (χ1) is 23.7. The number of fused-ring (bicyclic) bond motifs is 5. The van der Waals surface area contributed by atoms with E-state index in [-0.39, 0.29) is 69.8 Å². The minimum absolute atomic E-state index is 0.0281. The molecule has 8 heteroatoms. The van der Waals surface area contributed by atoms with E-state index in [1.165, 1.54) is 19.3 Å². The van der Waals surface area contributed by atoms with Gasteiger partial charge in [0.05, 0.1) is 23.9 Å². The van der Waals surface area contributed by atoms with Crippen molar-refractivity contribution in [2.75, 3.05) is 6.61 Å². The molecule has 0 radical (unpaired) electrons. The van der Waals surface area contributed by atoms with Crippen LogP contribution in [0.25, 0.3) is 0 Å². The molecule has 4 saturated carbocycles. The third-order valence-corrected chi connectivity index (χ3v) is 15.8. The van der Waals surface area contributed by atoms with Crippen LogP contribution in [0.3, 0.4) is 0 Å². The Morgan fingerprint density at radius 1 is 0.784 bits per heavy atom. The standard InChI is InChI=1S/C43H72O8/c1-11-12-13-14-15-16-25-48-35(45)27-36(46)50-33-19-21-40(7)31(38(33,3)4)18-23-41(8)32(40)26-30(49-28(2)44)37-29(17-22-42(37,41)9)43(10)24-20-34(51-43)39(5,6)47/h29-34,37,47H,11-27H2,1-10H3/t29-,30+,31-,32+,33+,34+,37-,40-,41+,42+,43-/m0/s1. The van der Waals surface area contributed by atoms with Crippen molar-refractivity contribution < 1.29 is 38.4 Å². The van der Waals surface area contributed by atoms with E-state index in [9.17, 15) is 19.5 Å². The molecule has 1 saturated heterocycles. The lowest BCUT2D eigenvalue weighted by molar-refractivity contribution is -0.254. The number of hydrogen-bond acceptors (Lipinski definition) is 8. The molecule has 5 rings (SSSR count). The van der Waals surface area contributed by atoms with E-state index in [4.69, 9.17) is 18.9 Å². The van der Waals surface area contributed by atoms with Crippen molar-refractivity contribution in [2.45, 2.75) is 201 Å². The third kappa shape index (κ3) is 7.54. The lowest BCUT2D eigenvalue weighted by Gasteiger charge is -2.70. The van der Waals surface area contributed by atoms with Crippen molar-refractivity contribution in [1.29, 1.82) is 0 Å². The maximum Gasteiger partial charge on any atom is 0.317 e. The highest BCUT2D eigenvalue weighted by atomic mass is 16.6. The predicted molar refractivity (Wildman–Crippen MR) is 198 cm³/mol. The van der Waals surface area contributed by atoms with Gasteiger partial charge in [-0.3, -0.25) is 14.4 Å². The molecule has 0 unspecified atom stereocenters. The number of unbranched alkanes of at least 4 members (excludes halogenated alkanes) is 5. The van der Waals surface area contributed by atoms with Gasteiger partial charge in [0.15, 0.2) is 0 Å². The monoisotopic (exact) mass is 717 g/mol. The minimum Gasteiger partial charge on any atom is -0.465 e. The van der Waals surface area contributed by atoms with Gasteiger partial charge >= 0.3 is 17.9 Å². The summed E-state index contributed by atoms with van der Waals surface area (Å²) in [5, 5.41) is 10.9. The number of carbonyl (C=O) groups excluding carboxylic acids is 3. The Morgan fingerprint density at radius 2 is 1.45 bits per heavy atom. The molecule has 5 aliphatic rings. The molecule has 0 aromatic rings. The Labute approximate surface area is 309 Å². The van der Waals surface area contributed by atoms with Crippen LogP contribution in [0.2, 0.25) is 0 Å². The summed E-state index contributed by atoms with van der Waals surface area (Å²) in [6.07, 6.45) is 14.1. The van der Waals surface area contributed by atoms with Crippen molar-refractivity contribution in [2.24, 2.45) is 45.3 Å². The van der Waals surface area contributed by atoms with Crippen LogP contribution in [-0.2, 0) is 33.3 Å². The summed E-state index contributed by atoms with van der Waals surface area (Å²) in [4.78, 5) is 38.4. The quantitative estimate of drug-likeness (QED) is 0.0871. The van der Waals surface area contributed by atoms with E-state index in [1.54, 1.807) is 6.92 Å². The zero-order valence-electron chi connectivity index (χ0n) is 33.9. The average molecular weight is 717 g/mol. The Morgan fingerprint density at radius 3 is 2.10 bits per heavy atom. The normalized spacial score (nSPS) is 41.6. The first-order valence-corrected chi connectivity index (χ1v) is 20.7. The summed E-state index contributed by atoms with van der Waals surface area (Å²) < 4.78 is 24.7. The Balaban J connectivity index is 1.30. The van der Waals surface area contributed by atoms with Crippen LogP contribution in [0.5, 0.6) is 0 Å². The van der Waals surface area contributed by atoms with Crippen LogP contribution in [-0.4, -0.2) is 59.1 Å². The highest BCUT2D eigenvalue weighted by Crippen LogP contribution is 2.76. The number of hydrogen-bond donors (Lipinski definition) is 1. The number of carbonyl (C=O) groups is 3. The van der Waals surface area contributed by atoms with E-state index in [1.807, 2.05) is 13.8 Å². The van der Waals surface area contributed by atoms with E-state index in [2.05, 4.69) is 48.5 Å². The van der Waals surface area contributed by atoms with Gasteiger partial charge in [0.2, 0.25) is 0 Å². The van der Waals surface area contributed by atoms with Gasteiger partial charge in [-0.1, -0.05) is 73.6 Å². The number of ether oxygens (including phenoxy) is 4. The second-order valence-corrected chi connectivity index (χ2v) is 19.7. The van der Waals surface area contributed by atoms with Crippen LogP contribution >= 0.6 is 0 Å². The van der Waals surface area contributed by atoms with E-state index < -0.39 is 17.5 Å². The van der Waals surface area contributed by atoms with Gasteiger partial charge in [0.25, 0.3) is 0 Å². The van der Waals surface area contributed by atoms with Crippen LogP contribution in [0, 0.1) is 45.3 Å². The molecule has 1 heterocycles. The summed E-state index contributed by atoms with van der Waals surface area (Å²) in [6.45, 7) is 22.0. The number of rotatable bonds is 13. The largest absolute Gasteiger partial charge is 0.465 e. The van der Waals surface area contributed by atoms with Gasteiger partial charge in [-0.05, 0) is 119 Å². The number of aliphatic hydroxyl groups is 1. The maximum absolute atomic E-state index is 13.1. The minimum atomic E-state index is -0.901. The van der Waals surface area contributed by atoms with Gasteiger partial charge in [-0.2, -0.15) is 0 Å². The average Bonchev–Trinajstić information content (AvgIpc) is 3.62. The summed E-state index contributed by atoms with van der Waals surface area (Å²) in [7, 11) is 0. The fraction of sp³-hybridized carbons (Fsp3) is 0.930. The van der Waals surface area contributed by atoms with Crippen LogP contribution in [0.4, 0.5) is 0 Å². The Kier molecular flexibility index (Phi) is 11.8. The van der Waals surface area contributed by atoms with Crippen molar-refractivity contribution in [3.63, 3.8) is 0 Å². The molecule has 11 atom stereocenters. The fourth-order valence-corrected chi connectivity index (χ4v) is 13.0. The lowest BCUT2D eigenvalue weighted by Crippen LogP contribution is -2.67. The lowest BCUT2D eigenvalue weighted by atomic mass is 9.35. The van der Waals surface area contributed by atoms with Crippen molar-refractivity contribution in [3.05, 3.63) is 0 Å². The van der Waals surface area contributed by atoms with Crippen molar-refractivity contribution in [1.82, 2.24) is 0 Å². The molecular weight excluding hydrogens is 644 g/mol. The maximum atomic E-state index is 13.1. The first-order valence-electron chi connectivity index (χ1n) is 20.7. The summed E-state index contributed by atoms with van der Waals surface area (Å²) in [5.74, 6) is -0.132. The molecule has 0 bridgehead atoms. The molecule has 8 nitrogen and oxygen atoms in total. The topological polar surface area (TPSA) is 108 Å². The summed E-state index contributed by atoms with van der Waals surface area (Å²) >= 11 is 0. The van der Waals surface area contributed by atoms with Crippen LogP contribution < -0.4 is 0 Å². The van der Waals surface area contributed by atoms with Gasteiger partial charge in [0.1, 0.15) is 18.6 Å². The zero-order chi connectivity index (χ0) is 37.6. The molecule has 0 aromatic carbocycles. The van der Waals surface area contributed by atoms with Gasteiger partial charge in [-0.25, -0.2) is 0 Å². The Hall–Kier alpha value is -1.67. The predicted octanol–water partition coefficient (Wildman–Crippen LogP) is 9.13. The van der Waals surface area contributed by atoms with Crippen LogP contribution in [0.1, 0.15) is 172 Å². The zero-order valence-corrected chi connectivity index (χ0v) is 33.9. The van der Waals surface area contributed by atoms with Crippen molar-refractivity contribution >= 4 is 17.9 Å². The van der Waals surface area contributed by atoms with Gasteiger partial charge < -0.3 is 24.1 Å². The Bertz CT molecular complexity index is 1270. The second-order valence-electron chi connectivity index (χ2n) is 19.7. The molecule has 0 spiro atoms. The SMILES string of the molecule is CCCCCCCCOC(=O)CC(=O)O[C@@H]1CC[C@]2(C)[C@H]3C[C@@H](OC(C)=O)[C@@H]4[C@@H]([C@]5(C)CC[C@H](C(C)(C)O)O5)CC[C@@]4(C)[C@]3(C)CC[C@H]2C1(C)C. The molecule has 292 valence electrons. The highest BCUT2D eigenvalue weighted by molar-refractivity contribution is 5.91. The molecule has 0 amide bonds. The molecule has 51 heavy (non-hydrogen) atoms. The molecule has 0 aromatic heterocycles. The number of esters is 3. The molecular formula is C43H72O8. The molecule has 5 fully saturated rings. The van der Waals surface area contributed by atoms with Crippen molar-refractivity contribution in [3.8, 4) is 0 Å². The highest BCUT2D eigenvalue weighted by Gasteiger charge is 2.72. The smallest absolute Gasteiger partial charge is 0.317 e. The summed E-state index contributed by atoms with van der Waals surface area (Å²) in [5.41, 5.74) is -1.59. The fourth-order valence-electron chi connectivity index (χ4n) is 13.0. The van der Waals surface area contributed by atoms with Crippen LogP contribution in [0.15, 0.2) is 0 Å². The van der Waals surface area contributed by atoms with E-state index in [0.29, 0.717) is 18.4 Å². The van der Waals surface area contributed by atoms with E-state index in [0.717, 1.165) is 77.0 Å². The van der Waals surface area contributed by atoms with E-state index >= 15 is 0 Å².